The summed E-state index contributed by atoms with van der Waals surface area (Å²) in [5.41, 5.74) is 5.60. The third-order valence-corrected chi connectivity index (χ3v) is 3.78. The van der Waals surface area contributed by atoms with Crippen molar-refractivity contribution in [3.63, 3.8) is 0 Å². The van der Waals surface area contributed by atoms with Crippen molar-refractivity contribution >= 4 is 33.3 Å². The van der Waals surface area contributed by atoms with Gasteiger partial charge >= 0.3 is 6.18 Å². The molecule has 2 aromatic carbocycles. The van der Waals surface area contributed by atoms with Crippen molar-refractivity contribution in [1.29, 1.82) is 0 Å². The van der Waals surface area contributed by atoms with E-state index in [1.54, 1.807) is 42.5 Å². The molecule has 0 radical (unpaired) electrons. The van der Waals surface area contributed by atoms with E-state index in [1.807, 2.05) is 0 Å². The zero-order valence-electron chi connectivity index (χ0n) is 13.3. The number of ketones is 1. The van der Waals surface area contributed by atoms with Crippen LogP contribution in [0.5, 0.6) is 0 Å². The van der Waals surface area contributed by atoms with Gasteiger partial charge in [0.15, 0.2) is 0 Å². The van der Waals surface area contributed by atoms with Gasteiger partial charge in [0, 0.05) is 10.5 Å². The number of carbonyl (C=O) groups excluding carboxylic acids is 2. The molecule has 0 aromatic heterocycles. The van der Waals surface area contributed by atoms with Crippen LogP contribution in [0.15, 0.2) is 65.1 Å². The zero-order valence-corrected chi connectivity index (χ0v) is 14.9. The van der Waals surface area contributed by atoms with Crippen LogP contribution in [-0.2, 0) is 16.0 Å². The van der Waals surface area contributed by atoms with Crippen LogP contribution in [0.2, 0.25) is 0 Å². The number of nitrogens with one attached hydrogen (secondary N) is 2. The van der Waals surface area contributed by atoms with Gasteiger partial charge in [-0.25, -0.2) is 0 Å². The van der Waals surface area contributed by atoms with Gasteiger partial charge in [-0.2, -0.15) is 13.2 Å². The number of halogens is 4. The van der Waals surface area contributed by atoms with Gasteiger partial charge in [0.25, 0.3) is 5.78 Å². The predicted octanol–water partition coefficient (Wildman–Crippen LogP) is 3.78. The Hall–Kier alpha value is -2.61. The maximum absolute atomic E-state index is 12.6. The highest BCUT2D eigenvalue weighted by molar-refractivity contribution is 9.10. The van der Waals surface area contributed by atoms with Gasteiger partial charge < -0.3 is 0 Å². The number of carbonyl (C=O) groups is 2. The molecule has 0 saturated heterocycles. The van der Waals surface area contributed by atoms with Crippen LogP contribution in [0.25, 0.3) is 5.70 Å². The molecule has 0 aliphatic rings. The van der Waals surface area contributed by atoms with E-state index in [0.717, 1.165) is 10.0 Å². The average Bonchev–Trinajstić information content (AvgIpc) is 2.59. The lowest BCUT2D eigenvalue weighted by atomic mass is 10.1. The van der Waals surface area contributed by atoms with E-state index in [2.05, 4.69) is 26.8 Å². The van der Waals surface area contributed by atoms with Crippen molar-refractivity contribution in [3.05, 3.63) is 76.3 Å². The van der Waals surface area contributed by atoms with Gasteiger partial charge in [0.05, 0.1) is 12.1 Å². The van der Waals surface area contributed by atoms with E-state index >= 15 is 0 Å². The molecule has 2 aromatic rings. The quantitative estimate of drug-likeness (QED) is 0.545. The Labute approximate surface area is 156 Å². The molecule has 2 rings (SSSR count). The lowest BCUT2D eigenvalue weighted by Crippen LogP contribution is -2.37. The van der Waals surface area contributed by atoms with Gasteiger partial charge in [-0.05, 0) is 23.3 Å². The summed E-state index contributed by atoms with van der Waals surface area (Å²) in [5, 5.41) is 0. The molecule has 0 spiro atoms. The molecule has 0 heterocycles. The molecule has 26 heavy (non-hydrogen) atoms. The van der Waals surface area contributed by atoms with E-state index in [-0.39, 0.29) is 12.1 Å². The zero-order chi connectivity index (χ0) is 19.2. The first-order valence-electron chi connectivity index (χ1n) is 7.43. The summed E-state index contributed by atoms with van der Waals surface area (Å²) in [7, 11) is 0. The van der Waals surface area contributed by atoms with Crippen molar-refractivity contribution in [2.24, 2.45) is 0 Å². The molecule has 0 bridgehead atoms. The summed E-state index contributed by atoms with van der Waals surface area (Å²) in [6, 6.07) is 15.1. The highest BCUT2D eigenvalue weighted by atomic mass is 79.9. The molecule has 1 amide bonds. The van der Waals surface area contributed by atoms with Gasteiger partial charge in [0.1, 0.15) is 0 Å². The van der Waals surface area contributed by atoms with E-state index < -0.39 is 17.9 Å². The number of hydrogen-bond acceptors (Lipinski definition) is 3. The lowest BCUT2D eigenvalue weighted by Gasteiger charge is -2.13. The van der Waals surface area contributed by atoms with Crippen molar-refractivity contribution in [2.75, 3.05) is 0 Å². The van der Waals surface area contributed by atoms with Crippen LogP contribution in [-0.4, -0.2) is 17.9 Å². The fraction of sp³-hybridized carbons (Fsp3) is 0.111. The van der Waals surface area contributed by atoms with E-state index in [4.69, 9.17) is 0 Å². The number of hydrogen-bond donors (Lipinski definition) is 2. The maximum atomic E-state index is 12.6. The second-order valence-electron chi connectivity index (χ2n) is 5.26. The second-order valence-corrected chi connectivity index (χ2v) is 6.18. The standard InChI is InChI=1S/C18H14BrF3N2O2/c19-14-8-6-13(7-9-14)15(11-16(25)18(20,21)22)23-24-17(26)10-12-4-2-1-3-5-12/h1-9,11,23H,10H2,(H,24,26). The molecule has 0 unspecified atom stereocenters. The molecule has 0 fully saturated rings. The number of rotatable bonds is 6. The lowest BCUT2D eigenvalue weighted by molar-refractivity contribution is -0.165. The van der Waals surface area contributed by atoms with E-state index in [0.29, 0.717) is 11.6 Å². The molecule has 2 N–H and O–H groups in total. The smallest absolute Gasteiger partial charge is 0.298 e. The topological polar surface area (TPSA) is 58.2 Å². The fourth-order valence-corrected chi connectivity index (χ4v) is 2.26. The summed E-state index contributed by atoms with van der Waals surface area (Å²) in [5.74, 6) is -2.49. The molecule has 0 atom stereocenters. The SMILES string of the molecule is O=C(Cc1ccccc1)NNC(=CC(=O)C(F)(F)F)c1ccc(Br)cc1. The Bertz CT molecular complexity index is 803. The molecular weight excluding hydrogens is 413 g/mol. The number of alkyl halides is 3. The molecule has 0 saturated carbocycles. The molecule has 0 aliphatic heterocycles. The fourth-order valence-electron chi connectivity index (χ4n) is 2.00. The summed E-state index contributed by atoms with van der Waals surface area (Å²) in [6.07, 6.45) is -4.56. The Morgan fingerprint density at radius 2 is 1.58 bits per heavy atom. The third-order valence-electron chi connectivity index (χ3n) is 3.25. The Morgan fingerprint density at radius 3 is 2.15 bits per heavy atom. The van der Waals surface area contributed by atoms with Crippen LogP contribution >= 0.6 is 15.9 Å². The summed E-state index contributed by atoms with van der Waals surface area (Å²) in [6.45, 7) is 0. The first-order valence-corrected chi connectivity index (χ1v) is 8.22. The molecule has 4 nitrogen and oxygen atoms in total. The molecular formula is C18H14BrF3N2O2. The second kappa shape index (κ2) is 8.66. The van der Waals surface area contributed by atoms with Crippen LogP contribution in [0.4, 0.5) is 13.2 Å². The normalized spacial score (nSPS) is 11.8. The molecule has 8 heteroatoms. The number of allylic oxidation sites excluding steroid dienone is 1. The van der Waals surface area contributed by atoms with Gasteiger partial charge in [-0.1, -0.05) is 58.4 Å². The van der Waals surface area contributed by atoms with Crippen LogP contribution in [0, 0.1) is 0 Å². The average molecular weight is 427 g/mol. The minimum absolute atomic E-state index is 0.0364. The molecule has 136 valence electrons. The van der Waals surface area contributed by atoms with Crippen LogP contribution in [0.1, 0.15) is 11.1 Å². The number of hydrazine groups is 1. The van der Waals surface area contributed by atoms with Crippen molar-refractivity contribution in [3.8, 4) is 0 Å². The first kappa shape index (κ1) is 19.7. The van der Waals surface area contributed by atoms with Crippen LogP contribution < -0.4 is 10.9 Å². The van der Waals surface area contributed by atoms with Gasteiger partial charge in [-0.3, -0.25) is 20.4 Å². The number of amides is 1. The summed E-state index contributed by atoms with van der Waals surface area (Å²) >= 11 is 3.22. The van der Waals surface area contributed by atoms with E-state index in [9.17, 15) is 22.8 Å². The van der Waals surface area contributed by atoms with Crippen molar-refractivity contribution < 1.29 is 22.8 Å². The third kappa shape index (κ3) is 6.03. The highest BCUT2D eigenvalue weighted by Gasteiger charge is 2.37. The van der Waals surface area contributed by atoms with Crippen LogP contribution in [0.3, 0.4) is 0 Å². The number of benzene rings is 2. The van der Waals surface area contributed by atoms with Crippen molar-refractivity contribution in [1.82, 2.24) is 10.9 Å². The Balaban J connectivity index is 2.13. The minimum atomic E-state index is -5.00. The van der Waals surface area contributed by atoms with E-state index in [1.165, 1.54) is 12.1 Å². The highest BCUT2D eigenvalue weighted by Crippen LogP contribution is 2.21. The van der Waals surface area contributed by atoms with Crippen molar-refractivity contribution in [2.45, 2.75) is 12.6 Å². The van der Waals surface area contributed by atoms with Gasteiger partial charge in [-0.15, -0.1) is 0 Å². The Kier molecular flexibility index (Phi) is 6.57. The minimum Gasteiger partial charge on any atom is -0.298 e. The summed E-state index contributed by atoms with van der Waals surface area (Å²) in [4.78, 5) is 23.3. The monoisotopic (exact) mass is 426 g/mol. The summed E-state index contributed by atoms with van der Waals surface area (Å²) < 4.78 is 38.4. The maximum Gasteiger partial charge on any atom is 0.454 e. The molecule has 0 aliphatic carbocycles. The first-order chi connectivity index (χ1) is 12.3. The predicted molar refractivity (Wildman–Crippen MR) is 94.6 cm³/mol. The Morgan fingerprint density at radius 1 is 0.962 bits per heavy atom. The van der Waals surface area contributed by atoms with Gasteiger partial charge in [0.2, 0.25) is 5.91 Å². The largest absolute Gasteiger partial charge is 0.454 e.